The first kappa shape index (κ1) is 21.9. The summed E-state index contributed by atoms with van der Waals surface area (Å²) in [6, 6.07) is 9.42. The molecule has 1 N–H and O–H groups in total. The molecule has 1 saturated heterocycles. The molecule has 168 valence electrons. The van der Waals surface area contributed by atoms with Crippen LogP contribution in [0.1, 0.15) is 30.4 Å². The maximum absolute atomic E-state index is 13.0. The van der Waals surface area contributed by atoms with E-state index in [0.717, 1.165) is 16.2 Å². The Labute approximate surface area is 187 Å². The number of benzene rings is 1. The topological polar surface area (TPSA) is 84.7 Å². The van der Waals surface area contributed by atoms with E-state index in [9.17, 15) is 18.4 Å². The van der Waals surface area contributed by atoms with Crippen LogP contribution in [0, 0.1) is 6.92 Å². The molecular weight excluding hydrogens is 440 g/mol. The average Bonchev–Trinajstić information content (AvgIpc) is 3.43. The number of ether oxygens (including phenoxy) is 1. The van der Waals surface area contributed by atoms with Crippen molar-refractivity contribution in [2.24, 2.45) is 0 Å². The maximum Gasteiger partial charge on any atom is 0.387 e. The van der Waals surface area contributed by atoms with Crippen molar-refractivity contribution >= 4 is 23.3 Å². The molecule has 0 spiro atoms. The minimum atomic E-state index is -2.88. The Kier molecular flexibility index (Phi) is 5.96. The van der Waals surface area contributed by atoms with Gasteiger partial charge in [-0.2, -0.15) is 8.78 Å². The third-order valence-electron chi connectivity index (χ3n) is 5.23. The summed E-state index contributed by atoms with van der Waals surface area (Å²) in [6.45, 7) is 0.710. The van der Waals surface area contributed by atoms with E-state index in [4.69, 9.17) is 4.42 Å². The number of hydrogen-bond acceptors (Lipinski definition) is 6. The molecule has 1 aliphatic heterocycles. The molecule has 7 nitrogen and oxygen atoms in total. The second-order valence-corrected chi connectivity index (χ2v) is 8.59. The number of aryl methyl sites for hydroxylation is 2. The summed E-state index contributed by atoms with van der Waals surface area (Å²) in [4.78, 5) is 31.2. The first-order chi connectivity index (χ1) is 15.2. The van der Waals surface area contributed by atoms with Crippen molar-refractivity contribution in [2.45, 2.75) is 45.4 Å². The van der Waals surface area contributed by atoms with Crippen LogP contribution < -0.4 is 10.1 Å². The van der Waals surface area contributed by atoms with Crippen LogP contribution in [-0.4, -0.2) is 34.0 Å². The van der Waals surface area contributed by atoms with Crippen LogP contribution in [0.5, 0.6) is 5.75 Å². The summed E-state index contributed by atoms with van der Waals surface area (Å²) in [7, 11) is 0. The van der Waals surface area contributed by atoms with Gasteiger partial charge in [-0.15, -0.1) is 11.3 Å². The minimum absolute atomic E-state index is 0.0656. The number of amides is 3. The molecule has 0 aliphatic carbocycles. The Morgan fingerprint density at radius 1 is 1.22 bits per heavy atom. The summed E-state index contributed by atoms with van der Waals surface area (Å²) < 4.78 is 34.5. The van der Waals surface area contributed by atoms with Gasteiger partial charge in [0.05, 0.1) is 12.2 Å². The third-order valence-corrected chi connectivity index (χ3v) is 6.14. The SMILES string of the molecule is Cc1ccc(-c2nc(CN3C(=O)NC(C)(CCc4ccc(OC(F)F)cc4)C3=O)cs2)o1. The monoisotopic (exact) mass is 461 g/mol. The summed E-state index contributed by atoms with van der Waals surface area (Å²) in [6.07, 6.45) is 0.834. The summed E-state index contributed by atoms with van der Waals surface area (Å²) in [5, 5.41) is 5.25. The first-order valence-electron chi connectivity index (χ1n) is 9.92. The molecule has 4 rings (SSSR count). The number of rotatable bonds is 8. The number of thiazole rings is 1. The standard InChI is InChI=1S/C22H21F2N3O4S/c1-13-3-8-17(30-13)18-25-15(12-32-18)11-27-19(28)22(2,26-21(27)29)10-9-14-4-6-16(7-5-14)31-20(23)24/h3-8,12,20H,9-11H2,1-2H3,(H,26,29). The highest BCUT2D eigenvalue weighted by molar-refractivity contribution is 7.13. The van der Waals surface area contributed by atoms with Gasteiger partial charge < -0.3 is 14.5 Å². The van der Waals surface area contributed by atoms with E-state index >= 15 is 0 Å². The normalized spacial score (nSPS) is 18.5. The molecule has 3 heterocycles. The maximum atomic E-state index is 13.0. The van der Waals surface area contributed by atoms with Crippen molar-refractivity contribution < 1.29 is 27.5 Å². The lowest BCUT2D eigenvalue weighted by atomic mass is 9.93. The van der Waals surface area contributed by atoms with Crippen LogP contribution in [0.4, 0.5) is 13.6 Å². The summed E-state index contributed by atoms with van der Waals surface area (Å²) in [5.41, 5.74) is 0.374. The molecule has 2 aromatic heterocycles. The zero-order chi connectivity index (χ0) is 22.9. The molecular formula is C22H21F2N3O4S. The Morgan fingerprint density at radius 3 is 2.62 bits per heavy atom. The molecule has 32 heavy (non-hydrogen) atoms. The van der Waals surface area contributed by atoms with Gasteiger partial charge in [-0.1, -0.05) is 12.1 Å². The van der Waals surface area contributed by atoms with Crippen molar-refractivity contribution in [3.8, 4) is 16.5 Å². The predicted molar refractivity (Wildman–Crippen MR) is 113 cm³/mol. The van der Waals surface area contributed by atoms with Crippen molar-refractivity contribution in [1.82, 2.24) is 15.2 Å². The van der Waals surface area contributed by atoms with E-state index in [1.807, 2.05) is 19.1 Å². The van der Waals surface area contributed by atoms with Gasteiger partial charge in [-0.05, 0) is 56.5 Å². The van der Waals surface area contributed by atoms with E-state index in [1.54, 1.807) is 24.4 Å². The summed E-state index contributed by atoms with van der Waals surface area (Å²) in [5.74, 6) is 1.16. The lowest BCUT2D eigenvalue weighted by molar-refractivity contribution is -0.131. The van der Waals surface area contributed by atoms with Gasteiger partial charge in [-0.3, -0.25) is 9.69 Å². The number of aromatic nitrogens is 1. The summed E-state index contributed by atoms with van der Waals surface area (Å²) >= 11 is 1.38. The van der Waals surface area contributed by atoms with Crippen molar-refractivity contribution in [2.75, 3.05) is 0 Å². The van der Waals surface area contributed by atoms with Gasteiger partial charge in [0.2, 0.25) is 0 Å². The molecule has 3 amide bonds. The van der Waals surface area contributed by atoms with Crippen molar-refractivity contribution in [3.63, 3.8) is 0 Å². The number of imide groups is 1. The number of nitrogens with one attached hydrogen (secondary N) is 1. The van der Waals surface area contributed by atoms with Crippen LogP contribution in [0.2, 0.25) is 0 Å². The fourth-order valence-electron chi connectivity index (χ4n) is 3.50. The van der Waals surface area contributed by atoms with E-state index in [0.29, 0.717) is 29.3 Å². The Balaban J connectivity index is 1.39. The van der Waals surface area contributed by atoms with Crippen LogP contribution in [0.15, 0.2) is 46.2 Å². The van der Waals surface area contributed by atoms with Crippen LogP contribution in [0.25, 0.3) is 10.8 Å². The number of hydrogen-bond donors (Lipinski definition) is 1. The molecule has 0 bridgehead atoms. The largest absolute Gasteiger partial charge is 0.459 e. The molecule has 3 aromatic rings. The Morgan fingerprint density at radius 2 is 1.97 bits per heavy atom. The second kappa shape index (κ2) is 8.70. The quantitative estimate of drug-likeness (QED) is 0.489. The molecule has 1 aliphatic rings. The fourth-order valence-corrected chi connectivity index (χ4v) is 4.27. The zero-order valence-electron chi connectivity index (χ0n) is 17.4. The van der Waals surface area contributed by atoms with Crippen LogP contribution in [-0.2, 0) is 17.8 Å². The molecule has 1 aromatic carbocycles. The number of nitrogens with zero attached hydrogens (tertiary/aromatic N) is 2. The number of carbonyl (C=O) groups is 2. The van der Waals surface area contributed by atoms with Gasteiger partial charge in [-0.25, -0.2) is 9.78 Å². The molecule has 0 radical (unpaired) electrons. The van der Waals surface area contributed by atoms with Crippen LogP contribution >= 0.6 is 11.3 Å². The number of alkyl halides is 2. The Bertz CT molecular complexity index is 1130. The van der Waals surface area contributed by atoms with Crippen LogP contribution in [0.3, 0.4) is 0 Å². The lowest BCUT2D eigenvalue weighted by Crippen LogP contribution is -2.44. The Hall–Kier alpha value is -3.27. The van der Waals surface area contributed by atoms with Gasteiger partial charge in [0, 0.05) is 5.38 Å². The molecule has 1 unspecified atom stereocenters. The predicted octanol–water partition coefficient (Wildman–Crippen LogP) is 4.76. The fraction of sp³-hybridized carbons (Fsp3) is 0.318. The second-order valence-electron chi connectivity index (χ2n) is 7.73. The van der Waals surface area contributed by atoms with Gasteiger partial charge in [0.25, 0.3) is 5.91 Å². The van der Waals surface area contributed by atoms with E-state index in [-0.39, 0.29) is 18.2 Å². The van der Waals surface area contributed by atoms with Crippen molar-refractivity contribution in [1.29, 1.82) is 0 Å². The van der Waals surface area contributed by atoms with E-state index < -0.39 is 18.2 Å². The smallest absolute Gasteiger partial charge is 0.387 e. The number of halogens is 2. The molecule has 10 heteroatoms. The highest BCUT2D eigenvalue weighted by Crippen LogP contribution is 2.29. The highest BCUT2D eigenvalue weighted by atomic mass is 32.1. The minimum Gasteiger partial charge on any atom is -0.459 e. The van der Waals surface area contributed by atoms with E-state index in [2.05, 4.69) is 15.0 Å². The molecule has 0 saturated carbocycles. The molecule has 1 fully saturated rings. The highest BCUT2D eigenvalue weighted by Gasteiger charge is 2.47. The molecule has 1 atom stereocenters. The number of furan rings is 1. The zero-order valence-corrected chi connectivity index (χ0v) is 18.2. The van der Waals surface area contributed by atoms with Gasteiger partial charge in [0.1, 0.15) is 17.0 Å². The van der Waals surface area contributed by atoms with E-state index in [1.165, 1.54) is 23.5 Å². The average molecular weight is 461 g/mol. The lowest BCUT2D eigenvalue weighted by Gasteiger charge is -2.21. The van der Waals surface area contributed by atoms with Gasteiger partial charge in [0.15, 0.2) is 10.8 Å². The number of urea groups is 1. The van der Waals surface area contributed by atoms with Crippen molar-refractivity contribution in [3.05, 3.63) is 58.8 Å². The van der Waals surface area contributed by atoms with Gasteiger partial charge >= 0.3 is 12.6 Å². The number of carbonyl (C=O) groups excluding carboxylic acids is 2. The first-order valence-corrected chi connectivity index (χ1v) is 10.8. The third kappa shape index (κ3) is 4.64.